The van der Waals surface area contributed by atoms with Crippen LogP contribution in [0, 0.1) is 0 Å². The van der Waals surface area contributed by atoms with Crippen LogP contribution in [0.2, 0.25) is 0 Å². The molecule has 3 N–H and O–H groups in total. The summed E-state index contributed by atoms with van der Waals surface area (Å²) in [5, 5.41) is 9.71. The summed E-state index contributed by atoms with van der Waals surface area (Å²) in [6.45, 7) is 0.386. The van der Waals surface area contributed by atoms with Crippen molar-refractivity contribution in [3.05, 3.63) is 24.1 Å². The minimum absolute atomic E-state index is 0.282. The van der Waals surface area contributed by atoms with Crippen molar-refractivity contribution in [3.8, 4) is 5.75 Å². The molecular weight excluding hydrogens is 208 g/mol. The van der Waals surface area contributed by atoms with E-state index in [0.717, 1.165) is 0 Å². The van der Waals surface area contributed by atoms with Crippen LogP contribution in [0.3, 0.4) is 0 Å². The first-order valence-corrected chi connectivity index (χ1v) is 5.08. The van der Waals surface area contributed by atoms with Crippen LogP contribution in [0.4, 0.5) is 0 Å². The molecule has 0 amide bonds. The summed E-state index contributed by atoms with van der Waals surface area (Å²) in [5.74, 6) is 0.914. The molecule has 0 aliphatic carbocycles. The van der Waals surface area contributed by atoms with Gasteiger partial charge >= 0.3 is 0 Å². The molecular formula is C11H14N2O3. The van der Waals surface area contributed by atoms with E-state index < -0.39 is 6.10 Å². The molecule has 0 spiro atoms. The number of aliphatic hydroxyl groups is 1. The molecule has 5 heteroatoms. The minimum atomic E-state index is -0.762. The maximum absolute atomic E-state index is 9.71. The molecule has 0 aliphatic heterocycles. The summed E-state index contributed by atoms with van der Waals surface area (Å²) in [5.41, 5.74) is 6.59. The van der Waals surface area contributed by atoms with E-state index in [1.807, 2.05) is 6.07 Å². The second kappa shape index (κ2) is 4.51. The molecule has 1 heterocycles. The van der Waals surface area contributed by atoms with Crippen molar-refractivity contribution in [2.45, 2.75) is 12.5 Å². The van der Waals surface area contributed by atoms with E-state index in [4.69, 9.17) is 14.9 Å². The van der Waals surface area contributed by atoms with Crippen LogP contribution in [0.1, 0.15) is 18.4 Å². The van der Waals surface area contributed by atoms with Gasteiger partial charge in [-0.3, -0.25) is 0 Å². The first-order valence-electron chi connectivity index (χ1n) is 5.08. The molecule has 2 rings (SSSR count). The normalized spacial score (nSPS) is 12.9. The third-order valence-electron chi connectivity index (χ3n) is 2.34. The van der Waals surface area contributed by atoms with Gasteiger partial charge in [0.05, 0.1) is 7.11 Å². The Labute approximate surface area is 92.8 Å². The van der Waals surface area contributed by atoms with Crippen molar-refractivity contribution in [3.63, 3.8) is 0 Å². The van der Waals surface area contributed by atoms with Gasteiger partial charge in [0.15, 0.2) is 11.1 Å². The summed E-state index contributed by atoms with van der Waals surface area (Å²) in [4.78, 5) is 4.20. The highest BCUT2D eigenvalue weighted by atomic mass is 16.5. The molecule has 0 radical (unpaired) electrons. The van der Waals surface area contributed by atoms with Gasteiger partial charge < -0.3 is 20.0 Å². The lowest BCUT2D eigenvalue weighted by atomic mass is 10.2. The smallest absolute Gasteiger partial charge is 0.224 e. The van der Waals surface area contributed by atoms with Crippen molar-refractivity contribution in [1.29, 1.82) is 0 Å². The largest absolute Gasteiger partial charge is 0.494 e. The lowest BCUT2D eigenvalue weighted by Crippen LogP contribution is -2.06. The zero-order valence-corrected chi connectivity index (χ0v) is 9.01. The summed E-state index contributed by atoms with van der Waals surface area (Å²) in [7, 11) is 1.57. The Kier molecular flexibility index (Phi) is 3.07. The summed E-state index contributed by atoms with van der Waals surface area (Å²) >= 11 is 0. The number of oxazole rings is 1. The van der Waals surface area contributed by atoms with E-state index in [0.29, 0.717) is 29.8 Å². The topological polar surface area (TPSA) is 81.5 Å². The third kappa shape index (κ3) is 1.87. The molecule has 1 unspecified atom stereocenters. The van der Waals surface area contributed by atoms with Crippen LogP contribution in [0.25, 0.3) is 11.1 Å². The lowest BCUT2D eigenvalue weighted by molar-refractivity contribution is 0.139. The number of nitrogens with zero attached hydrogens (tertiary/aromatic N) is 1. The second-order valence-corrected chi connectivity index (χ2v) is 3.45. The van der Waals surface area contributed by atoms with E-state index in [1.54, 1.807) is 19.2 Å². The average molecular weight is 222 g/mol. The van der Waals surface area contributed by atoms with Crippen LogP contribution in [-0.2, 0) is 0 Å². The molecule has 0 bridgehead atoms. The molecule has 1 aromatic carbocycles. The molecule has 1 atom stereocenters. The molecule has 16 heavy (non-hydrogen) atoms. The summed E-state index contributed by atoms with van der Waals surface area (Å²) in [6, 6.07) is 5.39. The SMILES string of the molecule is COc1cccc2oc(C(O)CCN)nc12. The quantitative estimate of drug-likeness (QED) is 0.812. The highest BCUT2D eigenvalue weighted by molar-refractivity contribution is 5.79. The van der Waals surface area contributed by atoms with Gasteiger partial charge in [-0.05, 0) is 25.1 Å². The van der Waals surface area contributed by atoms with Gasteiger partial charge in [-0.1, -0.05) is 6.07 Å². The van der Waals surface area contributed by atoms with Gasteiger partial charge in [-0.2, -0.15) is 0 Å². The van der Waals surface area contributed by atoms with Crippen molar-refractivity contribution < 1.29 is 14.3 Å². The Bertz CT molecular complexity index is 481. The standard InChI is InChI=1S/C11H14N2O3/c1-15-8-3-2-4-9-10(8)13-11(16-9)7(14)5-6-12/h2-4,7,14H,5-6,12H2,1H3. The predicted molar refractivity (Wildman–Crippen MR) is 59.2 cm³/mol. The monoisotopic (exact) mass is 222 g/mol. The van der Waals surface area contributed by atoms with E-state index in [-0.39, 0.29) is 5.89 Å². The first kappa shape index (κ1) is 10.9. The number of rotatable bonds is 4. The number of methoxy groups -OCH3 is 1. The van der Waals surface area contributed by atoms with E-state index in [9.17, 15) is 5.11 Å². The Morgan fingerprint density at radius 2 is 2.38 bits per heavy atom. The molecule has 2 aromatic rings. The summed E-state index contributed by atoms with van der Waals surface area (Å²) in [6.07, 6.45) is -0.336. The van der Waals surface area contributed by atoms with Crippen molar-refractivity contribution in [1.82, 2.24) is 4.98 Å². The lowest BCUT2D eigenvalue weighted by Gasteiger charge is -2.02. The summed E-state index contributed by atoms with van der Waals surface area (Å²) < 4.78 is 10.6. The molecule has 0 aliphatic rings. The maximum Gasteiger partial charge on any atom is 0.224 e. The van der Waals surface area contributed by atoms with Gasteiger partial charge in [0.2, 0.25) is 5.89 Å². The molecule has 1 aromatic heterocycles. The number of hydrogen-bond acceptors (Lipinski definition) is 5. The van der Waals surface area contributed by atoms with Gasteiger partial charge in [-0.15, -0.1) is 0 Å². The van der Waals surface area contributed by atoms with Crippen LogP contribution in [0.5, 0.6) is 5.75 Å². The first-order chi connectivity index (χ1) is 7.76. The predicted octanol–water partition coefficient (Wildman–Crippen LogP) is 1.22. The van der Waals surface area contributed by atoms with Gasteiger partial charge in [0.25, 0.3) is 0 Å². The zero-order valence-electron chi connectivity index (χ0n) is 9.01. The van der Waals surface area contributed by atoms with Crippen LogP contribution in [0.15, 0.2) is 22.6 Å². The van der Waals surface area contributed by atoms with Gasteiger partial charge in [-0.25, -0.2) is 4.98 Å². The van der Waals surface area contributed by atoms with Crippen molar-refractivity contribution in [2.24, 2.45) is 5.73 Å². The molecule has 86 valence electrons. The minimum Gasteiger partial charge on any atom is -0.494 e. The fourth-order valence-corrected chi connectivity index (χ4v) is 1.53. The van der Waals surface area contributed by atoms with Gasteiger partial charge in [0, 0.05) is 0 Å². The average Bonchev–Trinajstić information content (AvgIpc) is 2.72. The number of benzene rings is 1. The number of ether oxygens (including phenoxy) is 1. The molecule has 0 saturated carbocycles. The fourth-order valence-electron chi connectivity index (χ4n) is 1.53. The van der Waals surface area contributed by atoms with E-state index >= 15 is 0 Å². The van der Waals surface area contributed by atoms with Crippen molar-refractivity contribution in [2.75, 3.05) is 13.7 Å². The van der Waals surface area contributed by atoms with Gasteiger partial charge in [0.1, 0.15) is 11.9 Å². The highest BCUT2D eigenvalue weighted by Crippen LogP contribution is 2.28. The Morgan fingerprint density at radius 1 is 1.56 bits per heavy atom. The number of nitrogens with two attached hydrogens (primary N) is 1. The number of para-hydroxylation sites is 1. The third-order valence-corrected chi connectivity index (χ3v) is 2.34. The number of hydrogen-bond donors (Lipinski definition) is 2. The second-order valence-electron chi connectivity index (χ2n) is 3.45. The molecule has 5 nitrogen and oxygen atoms in total. The fraction of sp³-hybridized carbons (Fsp3) is 0.364. The molecule has 0 fully saturated rings. The van der Waals surface area contributed by atoms with Crippen LogP contribution >= 0.6 is 0 Å². The zero-order chi connectivity index (χ0) is 11.5. The van der Waals surface area contributed by atoms with E-state index in [1.165, 1.54) is 0 Å². The van der Waals surface area contributed by atoms with Crippen molar-refractivity contribution >= 4 is 11.1 Å². The van der Waals surface area contributed by atoms with E-state index in [2.05, 4.69) is 4.98 Å². The Hall–Kier alpha value is -1.59. The number of aliphatic hydroxyl groups excluding tert-OH is 1. The Balaban J connectivity index is 2.43. The van der Waals surface area contributed by atoms with Crippen LogP contribution < -0.4 is 10.5 Å². The molecule has 0 saturated heterocycles. The maximum atomic E-state index is 9.71. The van der Waals surface area contributed by atoms with Crippen LogP contribution in [-0.4, -0.2) is 23.7 Å². The Morgan fingerprint density at radius 3 is 3.06 bits per heavy atom. The highest BCUT2D eigenvalue weighted by Gasteiger charge is 2.16. The number of fused-ring (bicyclic) bond motifs is 1. The number of aromatic nitrogens is 1.